The predicted molar refractivity (Wildman–Crippen MR) is 117 cm³/mol. The second-order valence-corrected chi connectivity index (χ2v) is 8.65. The zero-order chi connectivity index (χ0) is 22.3. The minimum atomic E-state index is -3.96. The highest BCUT2D eigenvalue weighted by Gasteiger charge is 2.22. The summed E-state index contributed by atoms with van der Waals surface area (Å²) in [7, 11) is -3.96. The zero-order valence-corrected chi connectivity index (χ0v) is 18.5. The third kappa shape index (κ3) is 5.89. The molecule has 1 aliphatic heterocycles. The molecule has 8 nitrogen and oxygen atoms in total. The molecule has 1 saturated heterocycles. The molecule has 1 unspecified atom stereocenters. The monoisotopic (exact) mass is 448 g/mol. The Labute approximate surface area is 182 Å². The lowest BCUT2D eigenvalue weighted by atomic mass is 10.1. The number of hydrogen-bond donors (Lipinski definition) is 2. The molecule has 31 heavy (non-hydrogen) atoms. The minimum Gasteiger partial charge on any atom is -0.490 e. The third-order valence-electron chi connectivity index (χ3n) is 4.76. The number of nitrogens with one attached hydrogen (secondary N) is 2. The molecule has 2 N–H and O–H groups in total. The van der Waals surface area contributed by atoms with Crippen LogP contribution in [0.5, 0.6) is 11.5 Å². The standard InChI is InChI=1S/C22H28N2O6S/c1-3-28-20-12-11-17(14-21(20)29-4-2)31(26,27)24-19-10-6-5-9-18(19)22(25)23-15-16-8-7-13-30-16/h5-6,9-12,14,16,24H,3-4,7-8,13,15H2,1-2H3,(H,23,25). The van der Waals surface area contributed by atoms with Crippen LogP contribution < -0.4 is 19.5 Å². The second kappa shape index (κ2) is 10.5. The molecule has 0 spiro atoms. The van der Waals surface area contributed by atoms with Gasteiger partial charge in [0.2, 0.25) is 0 Å². The van der Waals surface area contributed by atoms with E-state index in [9.17, 15) is 13.2 Å². The molecule has 2 aromatic carbocycles. The Balaban J connectivity index is 1.80. The van der Waals surface area contributed by atoms with Gasteiger partial charge in [-0.3, -0.25) is 9.52 Å². The van der Waals surface area contributed by atoms with Crippen LogP contribution in [0.25, 0.3) is 0 Å². The van der Waals surface area contributed by atoms with Gasteiger partial charge in [0.25, 0.3) is 15.9 Å². The first-order chi connectivity index (χ1) is 14.9. The normalized spacial score (nSPS) is 16.0. The summed E-state index contributed by atoms with van der Waals surface area (Å²) in [6, 6.07) is 10.9. The first-order valence-electron chi connectivity index (χ1n) is 10.4. The third-order valence-corrected chi connectivity index (χ3v) is 6.12. The van der Waals surface area contributed by atoms with E-state index in [0.29, 0.717) is 37.9 Å². The Morgan fingerprint density at radius 3 is 2.55 bits per heavy atom. The van der Waals surface area contributed by atoms with Crippen molar-refractivity contribution in [2.75, 3.05) is 31.1 Å². The Morgan fingerprint density at radius 2 is 1.84 bits per heavy atom. The number of sulfonamides is 1. The summed E-state index contributed by atoms with van der Waals surface area (Å²) in [5, 5.41) is 2.82. The molecule has 0 radical (unpaired) electrons. The van der Waals surface area contributed by atoms with Crippen molar-refractivity contribution in [3.05, 3.63) is 48.0 Å². The predicted octanol–water partition coefficient (Wildman–Crippen LogP) is 3.19. The van der Waals surface area contributed by atoms with Crippen LogP contribution in [0.2, 0.25) is 0 Å². The van der Waals surface area contributed by atoms with Gasteiger partial charge in [-0.15, -0.1) is 0 Å². The number of hydrogen-bond acceptors (Lipinski definition) is 6. The summed E-state index contributed by atoms with van der Waals surface area (Å²) in [6.07, 6.45) is 1.87. The molecule has 1 heterocycles. The van der Waals surface area contributed by atoms with Gasteiger partial charge < -0.3 is 19.5 Å². The molecule has 0 saturated carbocycles. The van der Waals surface area contributed by atoms with Crippen LogP contribution in [0.3, 0.4) is 0 Å². The van der Waals surface area contributed by atoms with Crippen molar-refractivity contribution < 1.29 is 27.4 Å². The molecule has 0 aromatic heterocycles. The summed E-state index contributed by atoms with van der Waals surface area (Å²) in [5.74, 6) is 0.447. The number of amides is 1. The Kier molecular flexibility index (Phi) is 7.75. The number of ether oxygens (including phenoxy) is 3. The van der Waals surface area contributed by atoms with E-state index in [4.69, 9.17) is 14.2 Å². The van der Waals surface area contributed by atoms with Gasteiger partial charge in [-0.25, -0.2) is 8.42 Å². The van der Waals surface area contributed by atoms with E-state index in [1.807, 2.05) is 6.92 Å². The number of benzene rings is 2. The molecule has 1 fully saturated rings. The molecular weight excluding hydrogens is 420 g/mol. The molecule has 0 bridgehead atoms. The molecule has 1 amide bonds. The number of anilines is 1. The lowest BCUT2D eigenvalue weighted by Gasteiger charge is -2.16. The molecule has 9 heteroatoms. The van der Waals surface area contributed by atoms with Gasteiger partial charge in [-0.1, -0.05) is 12.1 Å². The van der Waals surface area contributed by atoms with Crippen molar-refractivity contribution in [1.29, 1.82) is 0 Å². The van der Waals surface area contributed by atoms with Crippen LogP contribution in [0.1, 0.15) is 37.0 Å². The summed E-state index contributed by atoms with van der Waals surface area (Å²) in [4.78, 5) is 12.7. The lowest BCUT2D eigenvalue weighted by molar-refractivity contribution is 0.0858. The molecule has 3 rings (SSSR count). The van der Waals surface area contributed by atoms with Crippen molar-refractivity contribution in [1.82, 2.24) is 5.32 Å². The van der Waals surface area contributed by atoms with E-state index in [2.05, 4.69) is 10.0 Å². The van der Waals surface area contributed by atoms with Crippen molar-refractivity contribution in [2.45, 2.75) is 37.7 Å². The molecule has 0 aliphatic carbocycles. The maximum atomic E-state index is 13.0. The van der Waals surface area contributed by atoms with Crippen molar-refractivity contribution in [2.24, 2.45) is 0 Å². The molecule has 1 atom stereocenters. The fourth-order valence-electron chi connectivity index (χ4n) is 3.28. The van der Waals surface area contributed by atoms with Crippen LogP contribution in [0, 0.1) is 0 Å². The summed E-state index contributed by atoms with van der Waals surface area (Å²) < 4.78 is 45.1. The maximum Gasteiger partial charge on any atom is 0.262 e. The minimum absolute atomic E-state index is 0.00588. The van der Waals surface area contributed by atoms with Crippen LogP contribution >= 0.6 is 0 Å². The topological polar surface area (TPSA) is 103 Å². The van der Waals surface area contributed by atoms with Gasteiger partial charge in [-0.05, 0) is 51.0 Å². The maximum absolute atomic E-state index is 13.0. The lowest BCUT2D eigenvalue weighted by Crippen LogP contribution is -2.32. The van der Waals surface area contributed by atoms with Gasteiger partial charge in [0.1, 0.15) is 0 Å². The first kappa shape index (κ1) is 22.9. The van der Waals surface area contributed by atoms with E-state index in [1.165, 1.54) is 12.1 Å². The van der Waals surface area contributed by atoms with Crippen molar-refractivity contribution in [3.63, 3.8) is 0 Å². The number of carbonyl (C=O) groups excluding carboxylic acids is 1. The Hall–Kier alpha value is -2.78. The van der Waals surface area contributed by atoms with E-state index in [-0.39, 0.29) is 28.2 Å². The largest absolute Gasteiger partial charge is 0.490 e. The number of rotatable bonds is 10. The number of para-hydroxylation sites is 1. The van der Waals surface area contributed by atoms with Crippen LogP contribution in [-0.2, 0) is 14.8 Å². The SMILES string of the molecule is CCOc1ccc(S(=O)(=O)Nc2ccccc2C(=O)NCC2CCCO2)cc1OCC. The zero-order valence-electron chi connectivity index (χ0n) is 17.7. The van der Waals surface area contributed by atoms with Crippen molar-refractivity contribution >= 4 is 21.6 Å². The van der Waals surface area contributed by atoms with E-state index < -0.39 is 10.0 Å². The van der Waals surface area contributed by atoms with Gasteiger partial charge in [0, 0.05) is 19.2 Å². The Morgan fingerprint density at radius 1 is 1.10 bits per heavy atom. The fraction of sp³-hybridized carbons (Fsp3) is 0.409. The fourth-order valence-corrected chi connectivity index (χ4v) is 4.37. The Bertz CT molecular complexity index is 1000. The van der Waals surface area contributed by atoms with Gasteiger partial charge in [0.15, 0.2) is 11.5 Å². The highest BCUT2D eigenvalue weighted by molar-refractivity contribution is 7.92. The van der Waals surface area contributed by atoms with Crippen LogP contribution in [0.15, 0.2) is 47.4 Å². The summed E-state index contributed by atoms with van der Waals surface area (Å²) in [5.41, 5.74) is 0.430. The van der Waals surface area contributed by atoms with Crippen LogP contribution in [0.4, 0.5) is 5.69 Å². The van der Waals surface area contributed by atoms with E-state index in [1.54, 1.807) is 37.3 Å². The van der Waals surface area contributed by atoms with Gasteiger partial charge in [-0.2, -0.15) is 0 Å². The molecular formula is C22H28N2O6S. The quantitative estimate of drug-likeness (QED) is 0.579. The van der Waals surface area contributed by atoms with E-state index in [0.717, 1.165) is 12.8 Å². The molecule has 2 aromatic rings. The summed E-state index contributed by atoms with van der Waals surface area (Å²) in [6.45, 7) is 5.52. The second-order valence-electron chi connectivity index (χ2n) is 6.97. The highest BCUT2D eigenvalue weighted by atomic mass is 32.2. The summed E-state index contributed by atoms with van der Waals surface area (Å²) >= 11 is 0. The van der Waals surface area contributed by atoms with E-state index >= 15 is 0 Å². The highest BCUT2D eigenvalue weighted by Crippen LogP contribution is 2.31. The first-order valence-corrected chi connectivity index (χ1v) is 11.8. The smallest absolute Gasteiger partial charge is 0.262 e. The van der Waals surface area contributed by atoms with Crippen LogP contribution in [-0.4, -0.2) is 46.8 Å². The van der Waals surface area contributed by atoms with Gasteiger partial charge >= 0.3 is 0 Å². The van der Waals surface area contributed by atoms with Crippen molar-refractivity contribution in [3.8, 4) is 11.5 Å². The average Bonchev–Trinajstić information content (AvgIpc) is 3.27. The number of carbonyl (C=O) groups is 1. The molecule has 168 valence electrons. The van der Waals surface area contributed by atoms with Gasteiger partial charge in [0.05, 0.1) is 35.5 Å². The average molecular weight is 449 g/mol. The molecule has 1 aliphatic rings.